The zero-order chi connectivity index (χ0) is 51.0. The third-order valence-corrected chi connectivity index (χ3v) is 12.5. The van der Waals surface area contributed by atoms with Crippen LogP contribution < -0.4 is 0 Å². The first-order valence-electron chi connectivity index (χ1n) is 27.3. The van der Waals surface area contributed by atoms with Crippen LogP contribution in [0.2, 0.25) is 0 Å². The first-order chi connectivity index (χ1) is 34.1. The Balaban J connectivity index is 2.37. The van der Waals surface area contributed by atoms with Gasteiger partial charge in [0.1, 0.15) is 30.5 Å². The van der Waals surface area contributed by atoms with Gasteiger partial charge in [-0.25, -0.2) is 4.18 Å². The number of ether oxygens (including phenoxy) is 4. The zero-order valence-corrected chi connectivity index (χ0v) is 44.4. The summed E-state index contributed by atoms with van der Waals surface area (Å²) < 4.78 is 59.3. The number of aliphatic hydroxyl groups is 3. The molecule has 6 unspecified atom stereocenters. The van der Waals surface area contributed by atoms with Crippen LogP contribution in [0.25, 0.3) is 0 Å². The van der Waals surface area contributed by atoms with Gasteiger partial charge in [-0.15, -0.1) is 0 Å². The van der Waals surface area contributed by atoms with Crippen LogP contribution in [0.3, 0.4) is 0 Å². The van der Waals surface area contributed by atoms with Crippen molar-refractivity contribution in [1.82, 2.24) is 0 Å². The summed E-state index contributed by atoms with van der Waals surface area (Å²) in [5.74, 6) is -0.425. The van der Waals surface area contributed by atoms with Gasteiger partial charge in [0.2, 0.25) is 0 Å². The normalized spacial score (nSPS) is 19.8. The number of rotatable bonds is 47. The Hall–Kier alpha value is -2.72. The Morgan fingerprint density at radius 2 is 0.986 bits per heavy atom. The fraction of sp³-hybridized carbons (Fsp3) is 0.737. The van der Waals surface area contributed by atoms with Gasteiger partial charge < -0.3 is 34.3 Å². The Labute approximate surface area is 425 Å². The quantitative estimate of drug-likeness (QED) is 0.0197. The Kier molecular flexibility index (Phi) is 44.1. The van der Waals surface area contributed by atoms with Crippen molar-refractivity contribution in [2.75, 3.05) is 26.4 Å². The molecule has 404 valence electrons. The van der Waals surface area contributed by atoms with Gasteiger partial charge in [-0.1, -0.05) is 195 Å². The molecule has 0 aromatic heterocycles. The van der Waals surface area contributed by atoms with Crippen molar-refractivity contribution in [3.05, 3.63) is 85.1 Å². The van der Waals surface area contributed by atoms with Crippen LogP contribution in [0.1, 0.15) is 206 Å². The Morgan fingerprint density at radius 3 is 1.46 bits per heavy atom. The molecule has 1 saturated heterocycles. The minimum absolute atomic E-state index is 0.0203. The number of esters is 1. The lowest BCUT2D eigenvalue weighted by atomic mass is 9.99. The van der Waals surface area contributed by atoms with Crippen molar-refractivity contribution >= 4 is 16.4 Å². The van der Waals surface area contributed by atoms with Gasteiger partial charge in [-0.05, 0) is 89.9 Å². The number of carbonyl (C=O) groups is 1. The molecule has 0 bridgehead atoms. The molecule has 1 heterocycles. The van der Waals surface area contributed by atoms with Crippen molar-refractivity contribution in [2.45, 2.75) is 243 Å². The molecule has 13 heteroatoms. The summed E-state index contributed by atoms with van der Waals surface area (Å²) in [7, 11) is -5.07. The standard InChI is InChI=1S/C57H98O12S/c1-3-5-7-9-11-13-15-17-19-21-23-25-26-27-28-30-32-34-36-38-40-42-44-46-53(59)67-51(50-66-57-55(61)56(69-70(62,63)64)54(60)52(48-58)68-57)49-65-47-45-43-41-39-37-35-33-31-29-24-22-20-18-16-14-12-10-8-6-4-2/h5,7,11,13,17-20,23,25,27-28,32,34,51-52,54-58,60-61H,3-4,6,8-10,12,14-16,21-22,24,26,29-31,33,35-50H2,1-2H3,(H,62,63,64)/b7-5-,13-11-,19-17-,20-18-,25-23-,28-27-,34-32-. The van der Waals surface area contributed by atoms with Crippen LogP contribution in [0.5, 0.6) is 0 Å². The molecule has 0 spiro atoms. The molecule has 0 aliphatic carbocycles. The molecule has 0 amide bonds. The van der Waals surface area contributed by atoms with Crippen LogP contribution in [0.15, 0.2) is 85.1 Å². The van der Waals surface area contributed by atoms with Crippen LogP contribution in [0, 0.1) is 0 Å². The van der Waals surface area contributed by atoms with E-state index in [-0.39, 0.29) is 19.6 Å². The van der Waals surface area contributed by atoms with Crippen molar-refractivity contribution < 1.29 is 56.2 Å². The molecule has 0 aromatic rings. The molecule has 70 heavy (non-hydrogen) atoms. The van der Waals surface area contributed by atoms with E-state index in [1.54, 1.807) is 0 Å². The highest BCUT2D eigenvalue weighted by atomic mass is 32.3. The van der Waals surface area contributed by atoms with E-state index in [1.165, 1.54) is 96.3 Å². The second kappa shape index (κ2) is 47.3. The molecule has 0 aromatic carbocycles. The lowest BCUT2D eigenvalue weighted by Gasteiger charge is -2.41. The van der Waals surface area contributed by atoms with E-state index in [2.05, 4.69) is 103 Å². The van der Waals surface area contributed by atoms with E-state index in [0.717, 1.165) is 83.5 Å². The largest absolute Gasteiger partial charge is 0.457 e. The fourth-order valence-corrected chi connectivity index (χ4v) is 8.41. The second-order valence-electron chi connectivity index (χ2n) is 18.4. The lowest BCUT2D eigenvalue weighted by Crippen LogP contribution is -2.60. The highest BCUT2D eigenvalue weighted by molar-refractivity contribution is 7.80. The van der Waals surface area contributed by atoms with Gasteiger partial charge in [0.05, 0.1) is 19.8 Å². The third-order valence-electron chi connectivity index (χ3n) is 12.0. The Morgan fingerprint density at radius 1 is 0.557 bits per heavy atom. The number of allylic oxidation sites excluding steroid dienone is 14. The molecule has 1 aliphatic heterocycles. The number of hydrogen-bond acceptors (Lipinski definition) is 11. The maximum absolute atomic E-state index is 12.9. The molecule has 0 radical (unpaired) electrons. The number of hydrogen-bond donors (Lipinski definition) is 4. The van der Waals surface area contributed by atoms with Gasteiger partial charge in [-0.2, -0.15) is 8.42 Å². The van der Waals surface area contributed by atoms with Gasteiger partial charge >= 0.3 is 16.4 Å². The fourth-order valence-electron chi connectivity index (χ4n) is 7.91. The summed E-state index contributed by atoms with van der Waals surface area (Å²) in [5, 5.41) is 30.8. The predicted molar refractivity (Wildman–Crippen MR) is 285 cm³/mol. The van der Waals surface area contributed by atoms with Gasteiger partial charge in [-0.3, -0.25) is 9.35 Å². The minimum atomic E-state index is -5.07. The topological polar surface area (TPSA) is 178 Å². The molecule has 1 aliphatic rings. The van der Waals surface area contributed by atoms with Crippen molar-refractivity contribution in [3.63, 3.8) is 0 Å². The molecular weight excluding hydrogens is 909 g/mol. The first-order valence-corrected chi connectivity index (χ1v) is 28.7. The smallest absolute Gasteiger partial charge is 0.397 e. The van der Waals surface area contributed by atoms with Gasteiger partial charge in [0.15, 0.2) is 6.29 Å². The van der Waals surface area contributed by atoms with Crippen molar-refractivity contribution in [3.8, 4) is 0 Å². The SMILES string of the molecule is CC/C=C\C/C=C\C/C=C\C/C=C\C/C=C\C/C=C\CCCCCCC(=O)OC(COCCCCCCCCCCCC/C=C\CCCCCCCC)COC1OC(CO)C(O)C(OS(=O)(=O)O)C1O. The second-order valence-corrected chi connectivity index (χ2v) is 19.5. The zero-order valence-electron chi connectivity index (χ0n) is 43.6. The molecule has 6 atom stereocenters. The van der Waals surface area contributed by atoms with E-state index < -0.39 is 59.8 Å². The average molecular weight is 1010 g/mol. The van der Waals surface area contributed by atoms with Crippen molar-refractivity contribution in [2.24, 2.45) is 0 Å². The average Bonchev–Trinajstić information content (AvgIpc) is 3.34. The molecule has 12 nitrogen and oxygen atoms in total. The molecular formula is C57H98O12S. The van der Waals surface area contributed by atoms with Crippen LogP contribution in [-0.4, -0.2) is 97.5 Å². The predicted octanol–water partition coefficient (Wildman–Crippen LogP) is 13.2. The van der Waals surface area contributed by atoms with Crippen LogP contribution >= 0.6 is 0 Å². The van der Waals surface area contributed by atoms with Crippen LogP contribution in [-0.2, 0) is 38.3 Å². The maximum Gasteiger partial charge on any atom is 0.397 e. The molecule has 1 fully saturated rings. The number of aliphatic hydroxyl groups excluding tert-OH is 3. The van der Waals surface area contributed by atoms with E-state index in [4.69, 9.17) is 18.9 Å². The number of carbonyl (C=O) groups excluding carboxylic acids is 1. The monoisotopic (exact) mass is 1010 g/mol. The highest BCUT2D eigenvalue weighted by Gasteiger charge is 2.48. The third kappa shape index (κ3) is 39.8. The minimum Gasteiger partial charge on any atom is -0.457 e. The van der Waals surface area contributed by atoms with E-state index >= 15 is 0 Å². The van der Waals surface area contributed by atoms with E-state index in [9.17, 15) is 33.1 Å². The van der Waals surface area contributed by atoms with Crippen molar-refractivity contribution in [1.29, 1.82) is 0 Å². The summed E-state index contributed by atoms with van der Waals surface area (Å²) in [6, 6.07) is 0. The summed E-state index contributed by atoms with van der Waals surface area (Å²) in [4.78, 5) is 12.9. The molecule has 4 N–H and O–H groups in total. The molecule has 0 saturated carbocycles. The van der Waals surface area contributed by atoms with E-state index in [0.29, 0.717) is 13.0 Å². The maximum atomic E-state index is 12.9. The Bertz CT molecular complexity index is 1540. The summed E-state index contributed by atoms with van der Waals surface area (Å²) in [6.45, 7) is 3.85. The molecule has 1 rings (SSSR count). The van der Waals surface area contributed by atoms with Crippen LogP contribution in [0.4, 0.5) is 0 Å². The van der Waals surface area contributed by atoms with Gasteiger partial charge in [0, 0.05) is 13.0 Å². The number of unbranched alkanes of at least 4 members (excludes halogenated alkanes) is 20. The first kappa shape index (κ1) is 65.3. The summed E-state index contributed by atoms with van der Waals surface area (Å²) in [6.07, 6.45) is 54.7. The van der Waals surface area contributed by atoms with Gasteiger partial charge in [0.25, 0.3) is 0 Å². The lowest BCUT2D eigenvalue weighted by molar-refractivity contribution is -0.301. The highest BCUT2D eigenvalue weighted by Crippen LogP contribution is 2.26. The summed E-state index contributed by atoms with van der Waals surface area (Å²) in [5.41, 5.74) is 0. The van der Waals surface area contributed by atoms with E-state index in [1.807, 2.05) is 0 Å². The summed E-state index contributed by atoms with van der Waals surface area (Å²) >= 11 is 0.